The Morgan fingerprint density at radius 2 is 1.46 bits per heavy atom. The number of rotatable bonds is 2. The van der Waals surface area contributed by atoms with Gasteiger partial charge in [0.05, 0.1) is 0 Å². The van der Waals surface area contributed by atoms with Gasteiger partial charge in [0.2, 0.25) is 0 Å². The predicted molar refractivity (Wildman–Crippen MR) is 111 cm³/mol. The van der Waals surface area contributed by atoms with Crippen molar-refractivity contribution in [3.8, 4) is 11.1 Å². The third-order valence-electron chi connectivity index (χ3n) is 6.14. The second-order valence-corrected chi connectivity index (χ2v) is 10.2. The monoisotopic (exact) mass is 348 g/mol. The van der Waals surface area contributed by atoms with E-state index in [4.69, 9.17) is 0 Å². The maximum Gasteiger partial charge on any atom is 0.150 e. The molecule has 0 radical (unpaired) electrons. The lowest BCUT2D eigenvalue weighted by atomic mass is 9.61. The van der Waals surface area contributed by atoms with E-state index >= 15 is 0 Å². The minimum absolute atomic E-state index is 0.101. The van der Waals surface area contributed by atoms with Crippen LogP contribution >= 0.6 is 0 Å². The average Bonchev–Trinajstić information content (AvgIpc) is 2.57. The first-order valence-electron chi connectivity index (χ1n) is 9.71. The molecule has 3 rings (SSSR count). The molecule has 0 bridgehead atoms. The van der Waals surface area contributed by atoms with Crippen LogP contribution in [0, 0.1) is 0 Å². The summed E-state index contributed by atoms with van der Waals surface area (Å²) in [5.74, 6) is 0. The standard InChI is InChI=1S/C25H32O/c1-23(2,3)19-10-8-18(9-11-19)20-14-17(16-26)15-21-22(20)25(6,7)13-12-24(21,4)5/h8-11,14-16H,12-13H2,1-7H3. The lowest BCUT2D eigenvalue weighted by Crippen LogP contribution is -2.34. The van der Waals surface area contributed by atoms with Gasteiger partial charge >= 0.3 is 0 Å². The fraction of sp³-hybridized carbons (Fsp3) is 0.480. The molecule has 0 amide bonds. The molecule has 1 nitrogen and oxygen atoms in total. The summed E-state index contributed by atoms with van der Waals surface area (Å²) in [5.41, 5.74) is 7.67. The summed E-state index contributed by atoms with van der Waals surface area (Å²) in [7, 11) is 0. The molecule has 0 aliphatic heterocycles. The molecule has 1 heteroatoms. The molecule has 0 atom stereocenters. The van der Waals surface area contributed by atoms with Crippen molar-refractivity contribution < 1.29 is 4.79 Å². The zero-order valence-electron chi connectivity index (χ0n) is 17.4. The second-order valence-electron chi connectivity index (χ2n) is 10.2. The molecule has 0 N–H and O–H groups in total. The summed E-state index contributed by atoms with van der Waals surface area (Å²) in [5, 5.41) is 0. The van der Waals surface area contributed by atoms with Gasteiger partial charge in [0, 0.05) is 5.56 Å². The highest BCUT2D eigenvalue weighted by Crippen LogP contribution is 2.49. The van der Waals surface area contributed by atoms with Crippen LogP contribution in [0.1, 0.15) is 88.4 Å². The number of fused-ring (bicyclic) bond motifs is 1. The van der Waals surface area contributed by atoms with Crippen LogP contribution in [0.2, 0.25) is 0 Å². The van der Waals surface area contributed by atoms with E-state index in [2.05, 4.69) is 84.9 Å². The first-order valence-corrected chi connectivity index (χ1v) is 9.71. The van der Waals surface area contributed by atoms with Crippen LogP contribution in [0.25, 0.3) is 11.1 Å². The van der Waals surface area contributed by atoms with Crippen molar-refractivity contribution in [3.05, 3.63) is 58.7 Å². The van der Waals surface area contributed by atoms with Crippen molar-refractivity contribution in [1.82, 2.24) is 0 Å². The Balaban J connectivity index is 2.26. The Morgan fingerprint density at radius 1 is 0.885 bits per heavy atom. The fourth-order valence-electron chi connectivity index (χ4n) is 4.26. The average molecular weight is 349 g/mol. The highest BCUT2D eigenvalue weighted by molar-refractivity contribution is 5.82. The van der Waals surface area contributed by atoms with Gasteiger partial charge in [-0.15, -0.1) is 0 Å². The molecule has 26 heavy (non-hydrogen) atoms. The summed E-state index contributed by atoms with van der Waals surface area (Å²) in [6, 6.07) is 13.1. The number of benzene rings is 2. The van der Waals surface area contributed by atoms with E-state index in [1.165, 1.54) is 34.2 Å². The normalized spacial score (nSPS) is 18.3. The Bertz CT molecular complexity index is 830. The largest absolute Gasteiger partial charge is 0.298 e. The van der Waals surface area contributed by atoms with Gasteiger partial charge in [-0.25, -0.2) is 0 Å². The molecule has 1 aliphatic carbocycles. The van der Waals surface area contributed by atoms with Gasteiger partial charge in [0.15, 0.2) is 0 Å². The van der Waals surface area contributed by atoms with Crippen molar-refractivity contribution in [2.24, 2.45) is 0 Å². The van der Waals surface area contributed by atoms with Gasteiger partial charge in [-0.2, -0.15) is 0 Å². The minimum atomic E-state index is 0.101. The van der Waals surface area contributed by atoms with E-state index < -0.39 is 0 Å². The number of carbonyl (C=O) groups is 1. The topological polar surface area (TPSA) is 17.1 Å². The minimum Gasteiger partial charge on any atom is -0.298 e. The smallest absolute Gasteiger partial charge is 0.150 e. The van der Waals surface area contributed by atoms with Crippen LogP contribution in [-0.2, 0) is 16.2 Å². The van der Waals surface area contributed by atoms with E-state index in [9.17, 15) is 4.79 Å². The highest BCUT2D eigenvalue weighted by Gasteiger charge is 2.39. The molecule has 138 valence electrons. The maximum atomic E-state index is 11.6. The van der Waals surface area contributed by atoms with Crippen LogP contribution < -0.4 is 0 Å². The third-order valence-corrected chi connectivity index (χ3v) is 6.14. The summed E-state index contributed by atoms with van der Waals surface area (Å²) in [6.07, 6.45) is 3.31. The van der Waals surface area contributed by atoms with Gasteiger partial charge in [-0.05, 0) is 69.0 Å². The van der Waals surface area contributed by atoms with Crippen LogP contribution in [-0.4, -0.2) is 6.29 Å². The van der Waals surface area contributed by atoms with Crippen LogP contribution in [0.4, 0.5) is 0 Å². The zero-order chi connectivity index (χ0) is 19.3. The Labute approximate surface area is 158 Å². The lowest BCUT2D eigenvalue weighted by Gasteiger charge is -2.43. The first kappa shape index (κ1) is 18.9. The summed E-state index contributed by atoms with van der Waals surface area (Å²) in [4.78, 5) is 11.6. The number of hydrogen-bond donors (Lipinski definition) is 0. The SMILES string of the molecule is CC(C)(C)c1ccc(-c2cc(C=O)cc3c2C(C)(C)CCC3(C)C)cc1. The molecule has 0 heterocycles. The van der Waals surface area contributed by atoms with E-state index in [0.29, 0.717) is 0 Å². The van der Waals surface area contributed by atoms with E-state index in [1.54, 1.807) is 0 Å². The number of carbonyl (C=O) groups excluding carboxylic acids is 1. The molecular formula is C25H32O. The predicted octanol–water partition coefficient (Wildman–Crippen LogP) is 6.81. The molecular weight excluding hydrogens is 316 g/mol. The number of aldehydes is 1. The van der Waals surface area contributed by atoms with Crippen molar-refractivity contribution in [2.45, 2.75) is 77.6 Å². The molecule has 0 fully saturated rings. The van der Waals surface area contributed by atoms with Crippen molar-refractivity contribution in [2.75, 3.05) is 0 Å². The van der Waals surface area contributed by atoms with Crippen LogP contribution in [0.15, 0.2) is 36.4 Å². The van der Waals surface area contributed by atoms with Crippen LogP contribution in [0.5, 0.6) is 0 Å². The quantitative estimate of drug-likeness (QED) is 0.545. The van der Waals surface area contributed by atoms with Crippen molar-refractivity contribution in [3.63, 3.8) is 0 Å². The molecule has 2 aromatic carbocycles. The summed E-state index contributed by atoms with van der Waals surface area (Å²) >= 11 is 0. The fourth-order valence-corrected chi connectivity index (χ4v) is 4.26. The van der Waals surface area contributed by atoms with E-state index in [0.717, 1.165) is 18.3 Å². The first-order chi connectivity index (χ1) is 12.0. The summed E-state index contributed by atoms with van der Waals surface area (Å²) in [6.45, 7) is 16.0. The molecule has 1 aliphatic rings. The van der Waals surface area contributed by atoms with Crippen molar-refractivity contribution >= 4 is 6.29 Å². The molecule has 0 unspecified atom stereocenters. The second kappa shape index (κ2) is 6.08. The molecule has 0 aromatic heterocycles. The van der Waals surface area contributed by atoms with Gasteiger partial charge in [-0.1, -0.05) is 72.7 Å². The van der Waals surface area contributed by atoms with Crippen molar-refractivity contribution in [1.29, 1.82) is 0 Å². The van der Waals surface area contributed by atoms with E-state index in [1.807, 2.05) is 0 Å². The van der Waals surface area contributed by atoms with E-state index in [-0.39, 0.29) is 16.2 Å². The third kappa shape index (κ3) is 3.24. The molecule has 0 saturated carbocycles. The summed E-state index contributed by atoms with van der Waals surface area (Å²) < 4.78 is 0. The lowest BCUT2D eigenvalue weighted by molar-refractivity contribution is 0.112. The van der Waals surface area contributed by atoms with Gasteiger partial charge in [0.25, 0.3) is 0 Å². The number of hydrogen-bond acceptors (Lipinski definition) is 1. The molecule has 2 aromatic rings. The van der Waals surface area contributed by atoms with Gasteiger partial charge in [-0.3, -0.25) is 4.79 Å². The Morgan fingerprint density at radius 3 is 2.00 bits per heavy atom. The maximum absolute atomic E-state index is 11.6. The zero-order valence-corrected chi connectivity index (χ0v) is 17.4. The highest BCUT2D eigenvalue weighted by atomic mass is 16.1. The molecule has 0 spiro atoms. The Hall–Kier alpha value is -1.89. The van der Waals surface area contributed by atoms with Gasteiger partial charge in [0.1, 0.15) is 6.29 Å². The molecule has 0 saturated heterocycles. The van der Waals surface area contributed by atoms with Gasteiger partial charge < -0.3 is 0 Å². The van der Waals surface area contributed by atoms with Crippen LogP contribution in [0.3, 0.4) is 0 Å². The Kier molecular flexibility index (Phi) is 4.42.